The van der Waals surface area contributed by atoms with Crippen molar-refractivity contribution in [2.24, 2.45) is 11.8 Å². The number of nitrogens with zero attached hydrogens (tertiary/aromatic N) is 2. The minimum atomic E-state index is -0.300. The molecule has 1 saturated carbocycles. The lowest BCUT2D eigenvalue weighted by molar-refractivity contribution is -0.0115. The normalized spacial score (nSPS) is 20.0. The van der Waals surface area contributed by atoms with Crippen LogP contribution in [0.25, 0.3) is 32.8 Å². The van der Waals surface area contributed by atoms with Gasteiger partial charge in [0.05, 0.1) is 22.1 Å². The van der Waals surface area contributed by atoms with E-state index in [1.807, 2.05) is 18.2 Å². The number of rotatable bonds is 6. The summed E-state index contributed by atoms with van der Waals surface area (Å²) < 4.78 is 26.6. The molecule has 0 bridgehead atoms. The Kier molecular flexibility index (Phi) is 7.20. The summed E-state index contributed by atoms with van der Waals surface area (Å²) in [6.45, 7) is 6.96. The highest BCUT2D eigenvalue weighted by Crippen LogP contribution is 2.56. The van der Waals surface area contributed by atoms with E-state index in [9.17, 15) is 9.18 Å². The van der Waals surface area contributed by atoms with Crippen molar-refractivity contribution in [1.29, 1.82) is 0 Å². The highest BCUT2D eigenvalue weighted by atomic mass is 19.1. The van der Waals surface area contributed by atoms with Crippen LogP contribution in [0.4, 0.5) is 4.39 Å². The minimum absolute atomic E-state index is 0.00297. The van der Waals surface area contributed by atoms with Crippen LogP contribution < -0.4 is 9.47 Å². The maximum absolute atomic E-state index is 13.9. The van der Waals surface area contributed by atoms with Crippen LogP contribution in [0.15, 0.2) is 91.0 Å². The molecular weight excluding hydrogens is 587 g/mol. The van der Waals surface area contributed by atoms with Crippen molar-refractivity contribution in [3.05, 3.63) is 119 Å². The fourth-order valence-electron chi connectivity index (χ4n) is 7.85. The predicted octanol–water partition coefficient (Wildman–Crippen LogP) is 9.77. The van der Waals surface area contributed by atoms with Crippen LogP contribution in [0.5, 0.6) is 11.5 Å². The Morgan fingerprint density at radius 1 is 0.894 bits per heavy atom. The summed E-state index contributed by atoms with van der Waals surface area (Å²) in [7, 11) is 0. The molecule has 0 spiro atoms. The average Bonchev–Trinajstić information content (AvgIpc) is 3.07. The van der Waals surface area contributed by atoms with E-state index < -0.39 is 0 Å². The van der Waals surface area contributed by atoms with Gasteiger partial charge in [0.1, 0.15) is 29.5 Å². The standard InChI is InChI=1S/C41H37FN2O3/c1-24-12-18-32-31(20-24)37-39-38(29-9-5-6-10-30(29)40(37)47-41(32,2)3)43-34-19-13-25(21-35(34)44-39)22-36(45)26-14-16-28(17-15-26)46-23-27-8-4-7-11-33(27)42/h4-11,13-17,19,21,24,31-32H,12,18,20,22-23H2,1-3H3/t24-,31-,32-/m0/s1. The molecule has 0 radical (unpaired) electrons. The molecule has 2 aliphatic rings. The molecule has 0 saturated heterocycles. The van der Waals surface area contributed by atoms with Crippen molar-refractivity contribution < 1.29 is 18.7 Å². The first-order valence-electron chi connectivity index (χ1n) is 16.6. The first kappa shape index (κ1) is 29.6. The summed E-state index contributed by atoms with van der Waals surface area (Å²) in [6.07, 6.45) is 3.70. The summed E-state index contributed by atoms with van der Waals surface area (Å²) in [4.78, 5) is 23.9. The quantitative estimate of drug-likeness (QED) is 0.105. The van der Waals surface area contributed by atoms with Crippen molar-refractivity contribution in [1.82, 2.24) is 9.97 Å². The van der Waals surface area contributed by atoms with E-state index in [0.29, 0.717) is 34.6 Å². The van der Waals surface area contributed by atoms with Gasteiger partial charge in [-0.3, -0.25) is 4.79 Å². The fourth-order valence-corrected chi connectivity index (χ4v) is 7.85. The third-order valence-electron chi connectivity index (χ3n) is 10.3. The Balaban J connectivity index is 1.12. The molecule has 3 atom stereocenters. The summed E-state index contributed by atoms with van der Waals surface area (Å²) in [5.41, 5.74) is 6.30. The molecule has 2 heterocycles. The van der Waals surface area contributed by atoms with Gasteiger partial charge in [0.2, 0.25) is 0 Å². The van der Waals surface area contributed by atoms with Gasteiger partial charge in [-0.2, -0.15) is 0 Å². The van der Waals surface area contributed by atoms with Crippen molar-refractivity contribution >= 4 is 38.6 Å². The van der Waals surface area contributed by atoms with Crippen molar-refractivity contribution in [3.63, 3.8) is 0 Å². The molecule has 236 valence electrons. The molecule has 47 heavy (non-hydrogen) atoms. The number of ether oxygens (including phenoxy) is 2. The van der Waals surface area contributed by atoms with Crippen molar-refractivity contribution in [2.75, 3.05) is 0 Å². The maximum atomic E-state index is 13.9. The first-order valence-corrected chi connectivity index (χ1v) is 16.6. The highest BCUT2D eigenvalue weighted by molar-refractivity contribution is 6.11. The van der Waals surface area contributed by atoms with Crippen LogP contribution in [0.3, 0.4) is 0 Å². The number of hydrogen-bond acceptors (Lipinski definition) is 5. The largest absolute Gasteiger partial charge is 0.489 e. The van der Waals surface area contributed by atoms with Crippen LogP contribution >= 0.6 is 0 Å². The Labute approximate surface area is 273 Å². The number of Topliss-reactive ketones (excluding diaryl/α,β-unsaturated/α-hetero) is 1. The number of aromatic nitrogens is 2. The van der Waals surface area contributed by atoms with Crippen molar-refractivity contribution in [2.45, 2.75) is 64.6 Å². The SMILES string of the molecule is C[C@H]1CC[C@H]2[C@H](C1)c1c(c3ccccc3c3nc4ccc(CC(=O)c5ccc(OCc6ccccc6F)cc5)cc4nc13)OC2(C)C. The van der Waals surface area contributed by atoms with Crippen LogP contribution in [-0.2, 0) is 13.0 Å². The number of carbonyl (C=O) groups excluding carboxylic acids is 1. The summed E-state index contributed by atoms with van der Waals surface area (Å²) in [5, 5.41) is 2.15. The average molecular weight is 625 g/mol. The van der Waals surface area contributed by atoms with E-state index in [1.54, 1.807) is 42.5 Å². The van der Waals surface area contributed by atoms with E-state index >= 15 is 0 Å². The van der Waals surface area contributed by atoms with E-state index in [4.69, 9.17) is 19.4 Å². The molecule has 1 aromatic heterocycles. The molecular formula is C41H37FN2O3. The van der Waals surface area contributed by atoms with E-state index in [0.717, 1.165) is 57.0 Å². The molecule has 1 aliphatic heterocycles. The number of fused-ring (bicyclic) bond motifs is 9. The molecule has 0 unspecified atom stereocenters. The number of hydrogen-bond donors (Lipinski definition) is 0. The van der Waals surface area contributed by atoms with Gasteiger partial charge in [-0.1, -0.05) is 61.9 Å². The van der Waals surface area contributed by atoms with E-state index in [2.05, 4.69) is 45.0 Å². The number of ketones is 1. The second-order valence-electron chi connectivity index (χ2n) is 13.9. The molecule has 6 heteroatoms. The zero-order valence-electron chi connectivity index (χ0n) is 26.9. The molecule has 6 aromatic rings. The van der Waals surface area contributed by atoms with E-state index in [1.165, 1.54) is 18.1 Å². The Morgan fingerprint density at radius 2 is 1.64 bits per heavy atom. The summed E-state index contributed by atoms with van der Waals surface area (Å²) in [6, 6.07) is 27.9. The van der Waals surface area contributed by atoms with Gasteiger partial charge in [0, 0.05) is 39.8 Å². The van der Waals surface area contributed by atoms with Gasteiger partial charge in [-0.25, -0.2) is 14.4 Å². The number of benzene rings is 5. The second kappa shape index (κ2) is 11.4. The number of carbonyl (C=O) groups is 1. The molecule has 0 amide bonds. The molecule has 5 nitrogen and oxygen atoms in total. The van der Waals surface area contributed by atoms with Crippen molar-refractivity contribution in [3.8, 4) is 11.5 Å². The van der Waals surface area contributed by atoms with Crippen LogP contribution in [0.1, 0.15) is 73.0 Å². The molecule has 1 fully saturated rings. The van der Waals surface area contributed by atoms with Gasteiger partial charge in [0.25, 0.3) is 0 Å². The van der Waals surface area contributed by atoms with Crippen LogP contribution in [-0.4, -0.2) is 21.4 Å². The smallest absolute Gasteiger partial charge is 0.167 e. The molecule has 5 aromatic carbocycles. The Bertz CT molecular complexity index is 2170. The zero-order chi connectivity index (χ0) is 32.3. The predicted molar refractivity (Wildman–Crippen MR) is 184 cm³/mol. The highest BCUT2D eigenvalue weighted by Gasteiger charge is 2.47. The van der Waals surface area contributed by atoms with E-state index in [-0.39, 0.29) is 30.2 Å². The molecule has 0 N–H and O–H groups in total. The van der Waals surface area contributed by atoms with Crippen LogP contribution in [0.2, 0.25) is 0 Å². The lowest BCUT2D eigenvalue weighted by Gasteiger charge is -2.49. The third kappa shape index (κ3) is 5.30. The third-order valence-corrected chi connectivity index (χ3v) is 10.3. The lowest BCUT2D eigenvalue weighted by Crippen LogP contribution is -2.46. The molecule has 8 rings (SSSR count). The minimum Gasteiger partial charge on any atom is -0.489 e. The Morgan fingerprint density at radius 3 is 2.45 bits per heavy atom. The van der Waals surface area contributed by atoms with Gasteiger partial charge < -0.3 is 9.47 Å². The van der Waals surface area contributed by atoms with Gasteiger partial charge in [0.15, 0.2) is 5.78 Å². The number of halogens is 1. The van der Waals surface area contributed by atoms with Gasteiger partial charge in [-0.05, 0) is 86.6 Å². The first-order chi connectivity index (χ1) is 22.7. The fraction of sp³-hybridized carbons (Fsp3) is 0.293. The van der Waals surface area contributed by atoms with Crippen LogP contribution in [0, 0.1) is 17.7 Å². The monoisotopic (exact) mass is 624 g/mol. The summed E-state index contributed by atoms with van der Waals surface area (Å²) in [5.74, 6) is 2.62. The zero-order valence-corrected chi connectivity index (χ0v) is 26.9. The second-order valence-corrected chi connectivity index (χ2v) is 13.9. The maximum Gasteiger partial charge on any atom is 0.167 e. The van der Waals surface area contributed by atoms with Gasteiger partial charge in [-0.15, -0.1) is 0 Å². The lowest BCUT2D eigenvalue weighted by atomic mass is 9.64. The Hall–Kier alpha value is -4.84. The molecule has 1 aliphatic carbocycles. The topological polar surface area (TPSA) is 61.3 Å². The summed E-state index contributed by atoms with van der Waals surface area (Å²) >= 11 is 0. The van der Waals surface area contributed by atoms with Gasteiger partial charge >= 0.3 is 0 Å².